The average Bonchev–Trinajstić information content (AvgIpc) is 3.57. The molecule has 1 aromatic heterocycles. The Balaban J connectivity index is 1.18. The quantitative estimate of drug-likeness (QED) is 0.0597. The maximum absolute atomic E-state index is 14.9. The highest BCUT2D eigenvalue weighted by atomic mass is 16.8. The molecule has 3 aromatic rings. The topological polar surface area (TPSA) is 516 Å². The third-order valence-electron chi connectivity index (χ3n) is 13.9. The van der Waals surface area contributed by atoms with Gasteiger partial charge in [0.2, 0.25) is 23.8 Å². The molecule has 0 aliphatic carbocycles. The third kappa shape index (κ3) is 11.5. The smallest absolute Gasteiger partial charge is 0.239 e. The summed E-state index contributed by atoms with van der Waals surface area (Å²) in [5, 5.41) is 201. The molecule has 25 atom stereocenters. The zero-order valence-corrected chi connectivity index (χ0v) is 40.7. The van der Waals surface area contributed by atoms with Gasteiger partial charge in [0.25, 0.3) is 0 Å². The molecule has 5 aliphatic rings. The summed E-state index contributed by atoms with van der Waals surface area (Å²) in [5.41, 5.74) is -1.95. The predicted molar refractivity (Wildman–Crippen MR) is 244 cm³/mol. The number of phenolic OH excluding ortho intramolecular Hbond substituents is 2. The lowest BCUT2D eigenvalue weighted by Gasteiger charge is -2.48. The van der Waals surface area contributed by atoms with Gasteiger partial charge in [-0.2, -0.15) is 0 Å². The first kappa shape index (κ1) is 59.8. The van der Waals surface area contributed by atoms with Crippen LogP contribution in [0.3, 0.4) is 0 Å². The van der Waals surface area contributed by atoms with Crippen LogP contribution in [0.15, 0.2) is 39.5 Å². The minimum Gasteiger partial charge on any atom is -0.507 e. The number of aliphatic hydroxyl groups excluding tert-OH is 17. The fourth-order valence-corrected chi connectivity index (χ4v) is 9.42. The van der Waals surface area contributed by atoms with Crippen molar-refractivity contribution in [1.82, 2.24) is 0 Å². The minimum absolute atomic E-state index is 0.143. The number of hydrogen-bond donors (Lipinski definition) is 19. The maximum Gasteiger partial charge on any atom is 0.239 e. The first-order valence-corrected chi connectivity index (χ1v) is 24.1. The van der Waals surface area contributed by atoms with Gasteiger partial charge in [-0.1, -0.05) is 0 Å². The van der Waals surface area contributed by atoms with Crippen molar-refractivity contribution >= 4 is 11.0 Å². The van der Waals surface area contributed by atoms with Crippen molar-refractivity contribution in [3.05, 3.63) is 40.6 Å². The van der Waals surface area contributed by atoms with Gasteiger partial charge in [-0.25, -0.2) is 0 Å². The molecule has 0 spiro atoms. The van der Waals surface area contributed by atoms with Gasteiger partial charge in [0.15, 0.2) is 48.3 Å². The van der Waals surface area contributed by atoms with Crippen LogP contribution in [0, 0.1) is 0 Å². The normalized spacial score (nSPS) is 41.4. The maximum atomic E-state index is 14.9. The van der Waals surface area contributed by atoms with Crippen molar-refractivity contribution < 1.29 is 154 Å². The van der Waals surface area contributed by atoms with Crippen LogP contribution in [0.25, 0.3) is 22.3 Å². The molecule has 8 rings (SSSR count). The van der Waals surface area contributed by atoms with Crippen LogP contribution in [-0.2, 0) is 37.9 Å². The van der Waals surface area contributed by atoms with E-state index in [0.29, 0.717) is 0 Å². The van der Waals surface area contributed by atoms with E-state index in [1.807, 2.05) is 0 Å². The highest BCUT2D eigenvalue weighted by molar-refractivity contribution is 5.88. The number of rotatable bonds is 17. The zero-order valence-electron chi connectivity index (χ0n) is 40.7. The Morgan fingerprint density at radius 2 is 0.846 bits per heavy atom. The van der Waals surface area contributed by atoms with Crippen molar-refractivity contribution in [3.8, 4) is 40.1 Å². The molecule has 438 valence electrons. The van der Waals surface area contributed by atoms with Gasteiger partial charge in [0.1, 0.15) is 132 Å². The monoisotopic (exact) mass is 1130 g/mol. The lowest BCUT2D eigenvalue weighted by Crippen LogP contribution is -2.67. The molecule has 0 bridgehead atoms. The Kier molecular flexibility index (Phi) is 19.0. The van der Waals surface area contributed by atoms with Gasteiger partial charge < -0.3 is 154 Å². The number of aliphatic hydroxyl groups is 17. The number of benzene rings is 2. The highest BCUT2D eigenvalue weighted by Gasteiger charge is 2.56. The first-order valence-electron chi connectivity index (χ1n) is 24.1. The Hall–Kier alpha value is -4.35. The van der Waals surface area contributed by atoms with E-state index in [9.17, 15) is 102 Å². The number of fused-ring (bicyclic) bond motifs is 1. The number of ether oxygens (including phenoxy) is 11. The molecular formula is C46H62O32. The lowest BCUT2D eigenvalue weighted by atomic mass is 9.96. The van der Waals surface area contributed by atoms with Gasteiger partial charge in [-0.3, -0.25) is 4.79 Å². The zero-order chi connectivity index (χ0) is 56.8. The standard InChI is InChI=1S/C46H62O32/c1-67-16-4-12(2-3-14(16)52)37-38(29(59)23-15(53)5-13(6-17(23)69-37)68-44-39(32(62)26(56)20(9-49)72-44)76-42-35(65)30(60)24(54)18(7-47)70-42)75-45-41(34(64)28(58)21(10-50)73-45)78-46-40(33(63)27(57)22(11-51)74-46)77-43-36(66)31(61)25(55)19(8-48)71-43/h2-6,18-22,24-28,30-36,39-58,60-66H,7-11H2,1H3/t18-,19-,20-,21-,22-,24-,25-,26-,27-,28-,30+,31+,32+,33+,34+,35-,36-,39-,40-,41-,42+,43+,44-,45+,46+/m1/s1. The summed E-state index contributed by atoms with van der Waals surface area (Å²) in [5.74, 6) is -3.56. The summed E-state index contributed by atoms with van der Waals surface area (Å²) in [7, 11) is 1.17. The summed E-state index contributed by atoms with van der Waals surface area (Å²) in [6.45, 7) is -4.75. The molecule has 32 heteroatoms. The molecule has 5 fully saturated rings. The van der Waals surface area contributed by atoms with Gasteiger partial charge in [0.05, 0.1) is 40.1 Å². The second-order valence-electron chi connectivity index (χ2n) is 18.8. The number of methoxy groups -OCH3 is 1. The van der Waals surface area contributed by atoms with Crippen molar-refractivity contribution in [3.63, 3.8) is 0 Å². The lowest BCUT2D eigenvalue weighted by molar-refractivity contribution is -0.389. The second-order valence-corrected chi connectivity index (χ2v) is 18.8. The molecule has 19 N–H and O–H groups in total. The third-order valence-corrected chi connectivity index (χ3v) is 13.9. The Bertz CT molecular complexity index is 2530. The van der Waals surface area contributed by atoms with Crippen LogP contribution < -0.4 is 19.6 Å². The van der Waals surface area contributed by atoms with E-state index in [4.69, 9.17) is 56.5 Å². The molecule has 0 unspecified atom stereocenters. The van der Waals surface area contributed by atoms with Gasteiger partial charge in [-0.15, -0.1) is 0 Å². The Morgan fingerprint density at radius 1 is 0.449 bits per heavy atom. The molecule has 0 saturated carbocycles. The van der Waals surface area contributed by atoms with Gasteiger partial charge >= 0.3 is 0 Å². The van der Waals surface area contributed by atoms with E-state index in [0.717, 1.165) is 24.3 Å². The largest absolute Gasteiger partial charge is 0.507 e. The van der Waals surface area contributed by atoms with Crippen LogP contribution in [0.1, 0.15) is 0 Å². The van der Waals surface area contributed by atoms with E-state index >= 15 is 0 Å². The molecule has 2 aromatic carbocycles. The van der Waals surface area contributed by atoms with Crippen LogP contribution in [0.2, 0.25) is 0 Å². The van der Waals surface area contributed by atoms with E-state index in [1.54, 1.807) is 0 Å². The van der Waals surface area contributed by atoms with Crippen LogP contribution >= 0.6 is 0 Å². The van der Waals surface area contributed by atoms with Gasteiger partial charge in [-0.05, 0) is 18.2 Å². The summed E-state index contributed by atoms with van der Waals surface area (Å²) < 4.78 is 69.0. The second kappa shape index (κ2) is 24.8. The SMILES string of the molecule is COc1cc(-c2oc3cc(O[C@@H]4O[C@H](CO)[C@@H](O)[C@H](O)[C@H]4O[C@@H]4O[C@H](CO)[C@@H](O)[C@H](O)[C@H]4O)cc(O)c3c(=O)c2O[C@@H]2O[C@H](CO)[C@@H](O)[C@H](O)[C@H]2O[C@@H]2O[C@H](CO)[C@@H](O)[C@H](O)[C@H]2O[C@@H]2O[C@H](CO)[C@@H](O)[C@H](O)[C@H]2O)ccc1O. The summed E-state index contributed by atoms with van der Waals surface area (Å²) in [4.78, 5) is 14.9. The van der Waals surface area contributed by atoms with E-state index < -0.39 is 232 Å². The summed E-state index contributed by atoms with van der Waals surface area (Å²) >= 11 is 0. The fourth-order valence-electron chi connectivity index (χ4n) is 9.42. The first-order chi connectivity index (χ1) is 37.1. The Labute approximate surface area is 438 Å². The molecule has 0 amide bonds. The van der Waals surface area contributed by atoms with E-state index in [-0.39, 0.29) is 11.3 Å². The predicted octanol–water partition coefficient (Wildman–Crippen LogP) is -9.29. The van der Waals surface area contributed by atoms with Crippen LogP contribution in [-0.4, -0.2) is 291 Å². The summed E-state index contributed by atoms with van der Waals surface area (Å²) in [6, 6.07) is 5.24. The number of hydrogen-bond acceptors (Lipinski definition) is 32. The Morgan fingerprint density at radius 3 is 1.29 bits per heavy atom. The minimum atomic E-state index is -2.23. The molecule has 6 heterocycles. The van der Waals surface area contributed by atoms with Crippen molar-refractivity contribution in [1.29, 1.82) is 0 Å². The van der Waals surface area contributed by atoms with Gasteiger partial charge in [0, 0.05) is 17.7 Å². The van der Waals surface area contributed by atoms with Crippen molar-refractivity contribution in [2.45, 2.75) is 154 Å². The van der Waals surface area contributed by atoms with E-state index in [2.05, 4.69) is 0 Å². The number of phenols is 2. The summed E-state index contributed by atoms with van der Waals surface area (Å²) in [6.07, 6.45) is -48.6. The molecule has 5 saturated heterocycles. The number of aromatic hydroxyl groups is 2. The molecular weight excluding hydrogens is 1060 g/mol. The highest BCUT2D eigenvalue weighted by Crippen LogP contribution is 2.42. The molecule has 32 nitrogen and oxygen atoms in total. The van der Waals surface area contributed by atoms with Crippen LogP contribution in [0.4, 0.5) is 0 Å². The van der Waals surface area contributed by atoms with Crippen LogP contribution in [0.5, 0.6) is 28.7 Å². The molecule has 0 radical (unpaired) electrons. The fraction of sp³-hybridized carbons (Fsp3) is 0.674. The molecule has 5 aliphatic heterocycles. The van der Waals surface area contributed by atoms with Crippen molar-refractivity contribution in [2.75, 3.05) is 40.1 Å². The average molecular weight is 1130 g/mol. The molecule has 78 heavy (non-hydrogen) atoms. The van der Waals surface area contributed by atoms with Crippen molar-refractivity contribution in [2.24, 2.45) is 0 Å². The van der Waals surface area contributed by atoms with E-state index in [1.165, 1.54) is 13.2 Å².